The molecule has 2 unspecified atom stereocenters. The average molecular weight is 229 g/mol. The summed E-state index contributed by atoms with van der Waals surface area (Å²) in [5.41, 5.74) is 0.542. The van der Waals surface area contributed by atoms with Gasteiger partial charge in [-0.3, -0.25) is 0 Å². The SMILES string of the molecule is CSC(C)(C)CNC1CC(C)(C)CC1C. The first-order valence-electron chi connectivity index (χ1n) is 6.04. The zero-order chi connectivity index (χ0) is 11.7. The van der Waals surface area contributed by atoms with E-state index in [1.54, 1.807) is 0 Å². The summed E-state index contributed by atoms with van der Waals surface area (Å²) in [6.07, 6.45) is 4.90. The number of rotatable bonds is 4. The third-order valence-electron chi connectivity index (χ3n) is 3.68. The lowest BCUT2D eigenvalue weighted by Crippen LogP contribution is -2.40. The van der Waals surface area contributed by atoms with Crippen LogP contribution >= 0.6 is 11.8 Å². The molecule has 2 atom stereocenters. The summed E-state index contributed by atoms with van der Waals surface area (Å²) in [5, 5.41) is 3.76. The maximum atomic E-state index is 3.76. The second-order valence-corrected chi connectivity index (χ2v) is 8.01. The minimum Gasteiger partial charge on any atom is -0.312 e. The molecule has 0 spiro atoms. The Morgan fingerprint density at radius 2 is 1.93 bits per heavy atom. The minimum absolute atomic E-state index is 0.368. The second-order valence-electron chi connectivity index (χ2n) is 6.50. The molecule has 1 saturated carbocycles. The van der Waals surface area contributed by atoms with E-state index in [1.807, 2.05) is 11.8 Å². The van der Waals surface area contributed by atoms with E-state index in [0.29, 0.717) is 10.2 Å². The molecule has 0 saturated heterocycles. The fourth-order valence-electron chi connectivity index (χ4n) is 2.62. The fourth-order valence-corrected chi connectivity index (χ4v) is 2.84. The normalized spacial score (nSPS) is 30.8. The molecule has 90 valence electrons. The van der Waals surface area contributed by atoms with Crippen LogP contribution in [0, 0.1) is 11.3 Å². The Labute approximate surface area is 99.8 Å². The van der Waals surface area contributed by atoms with E-state index < -0.39 is 0 Å². The summed E-state index contributed by atoms with van der Waals surface area (Å²) < 4.78 is 0.368. The summed E-state index contributed by atoms with van der Waals surface area (Å²) in [6, 6.07) is 0.728. The van der Waals surface area contributed by atoms with Crippen LogP contribution in [-0.2, 0) is 0 Å². The largest absolute Gasteiger partial charge is 0.312 e. The van der Waals surface area contributed by atoms with Crippen molar-refractivity contribution < 1.29 is 0 Å². The Kier molecular flexibility index (Phi) is 4.16. The third-order valence-corrected chi connectivity index (χ3v) is 4.93. The molecule has 1 aliphatic rings. The predicted octanol–water partition coefficient (Wildman–Crippen LogP) is 3.54. The smallest absolute Gasteiger partial charge is 0.0225 e. The molecule has 0 aliphatic heterocycles. The zero-order valence-electron chi connectivity index (χ0n) is 11.2. The van der Waals surface area contributed by atoms with Crippen molar-refractivity contribution in [3.05, 3.63) is 0 Å². The monoisotopic (exact) mass is 229 g/mol. The molecule has 0 amide bonds. The van der Waals surface area contributed by atoms with Gasteiger partial charge in [0.1, 0.15) is 0 Å². The van der Waals surface area contributed by atoms with Gasteiger partial charge in [-0.15, -0.1) is 0 Å². The molecule has 0 heterocycles. The lowest BCUT2D eigenvalue weighted by atomic mass is 9.91. The number of hydrogen-bond acceptors (Lipinski definition) is 2. The Bertz CT molecular complexity index is 211. The van der Waals surface area contributed by atoms with Gasteiger partial charge in [-0.1, -0.05) is 20.8 Å². The quantitative estimate of drug-likeness (QED) is 0.791. The van der Waals surface area contributed by atoms with Crippen LogP contribution in [0.1, 0.15) is 47.5 Å². The molecular weight excluding hydrogens is 202 g/mol. The van der Waals surface area contributed by atoms with Crippen molar-refractivity contribution in [3.63, 3.8) is 0 Å². The van der Waals surface area contributed by atoms with E-state index in [4.69, 9.17) is 0 Å². The highest BCUT2D eigenvalue weighted by atomic mass is 32.2. The lowest BCUT2D eigenvalue weighted by Gasteiger charge is -2.27. The van der Waals surface area contributed by atoms with Crippen molar-refractivity contribution in [1.29, 1.82) is 0 Å². The van der Waals surface area contributed by atoms with Crippen LogP contribution in [-0.4, -0.2) is 23.6 Å². The Balaban J connectivity index is 2.41. The van der Waals surface area contributed by atoms with Gasteiger partial charge in [0.05, 0.1) is 0 Å². The van der Waals surface area contributed by atoms with E-state index in [9.17, 15) is 0 Å². The van der Waals surface area contributed by atoms with E-state index >= 15 is 0 Å². The van der Waals surface area contributed by atoms with Gasteiger partial charge in [0.25, 0.3) is 0 Å². The molecule has 0 aromatic rings. The Morgan fingerprint density at radius 3 is 2.33 bits per heavy atom. The third kappa shape index (κ3) is 3.99. The number of hydrogen-bond donors (Lipinski definition) is 1. The second kappa shape index (κ2) is 4.67. The Morgan fingerprint density at radius 1 is 1.33 bits per heavy atom. The average Bonchev–Trinajstić information content (AvgIpc) is 2.36. The van der Waals surface area contributed by atoms with Crippen molar-refractivity contribution >= 4 is 11.8 Å². The number of nitrogens with one attached hydrogen (secondary N) is 1. The molecular formula is C13H27NS. The molecule has 1 aliphatic carbocycles. The molecule has 1 N–H and O–H groups in total. The molecule has 0 radical (unpaired) electrons. The molecule has 1 rings (SSSR count). The molecule has 2 heteroatoms. The van der Waals surface area contributed by atoms with Gasteiger partial charge in [0.2, 0.25) is 0 Å². The van der Waals surface area contributed by atoms with Crippen LogP contribution in [0.15, 0.2) is 0 Å². The van der Waals surface area contributed by atoms with Gasteiger partial charge in [-0.05, 0) is 44.3 Å². The van der Waals surface area contributed by atoms with Crippen LogP contribution in [0.3, 0.4) is 0 Å². The van der Waals surface area contributed by atoms with E-state index in [-0.39, 0.29) is 0 Å². The van der Waals surface area contributed by atoms with Gasteiger partial charge in [-0.2, -0.15) is 11.8 Å². The van der Waals surface area contributed by atoms with Crippen molar-refractivity contribution in [2.24, 2.45) is 11.3 Å². The summed E-state index contributed by atoms with van der Waals surface area (Å²) in [5.74, 6) is 0.831. The van der Waals surface area contributed by atoms with E-state index in [0.717, 1.165) is 18.5 Å². The fraction of sp³-hybridized carbons (Fsp3) is 1.00. The molecule has 15 heavy (non-hydrogen) atoms. The number of thioether (sulfide) groups is 1. The van der Waals surface area contributed by atoms with Gasteiger partial charge >= 0.3 is 0 Å². The first kappa shape index (κ1) is 13.4. The summed E-state index contributed by atoms with van der Waals surface area (Å²) >= 11 is 1.95. The first-order valence-corrected chi connectivity index (χ1v) is 7.27. The standard InChI is InChI=1S/C13H27NS/c1-10-7-12(2,3)8-11(10)14-9-13(4,5)15-6/h10-11,14H,7-9H2,1-6H3. The van der Waals surface area contributed by atoms with Crippen LogP contribution in [0.4, 0.5) is 0 Å². The van der Waals surface area contributed by atoms with Gasteiger partial charge in [-0.25, -0.2) is 0 Å². The van der Waals surface area contributed by atoms with Crippen LogP contribution in [0.25, 0.3) is 0 Å². The molecule has 1 nitrogen and oxygen atoms in total. The first-order chi connectivity index (χ1) is 6.76. The van der Waals surface area contributed by atoms with Gasteiger partial charge in [0, 0.05) is 17.3 Å². The highest BCUT2D eigenvalue weighted by molar-refractivity contribution is 7.99. The van der Waals surface area contributed by atoms with Crippen LogP contribution < -0.4 is 5.32 Å². The maximum absolute atomic E-state index is 3.76. The summed E-state index contributed by atoms with van der Waals surface area (Å²) in [6.45, 7) is 12.9. The highest BCUT2D eigenvalue weighted by Crippen LogP contribution is 2.41. The predicted molar refractivity (Wildman–Crippen MR) is 71.6 cm³/mol. The lowest BCUT2D eigenvalue weighted by molar-refractivity contribution is 0.361. The molecule has 0 aromatic carbocycles. The summed E-state index contributed by atoms with van der Waals surface area (Å²) in [4.78, 5) is 0. The highest BCUT2D eigenvalue weighted by Gasteiger charge is 2.36. The van der Waals surface area contributed by atoms with Crippen LogP contribution in [0.2, 0.25) is 0 Å². The van der Waals surface area contributed by atoms with Crippen molar-refractivity contribution in [1.82, 2.24) is 5.32 Å². The van der Waals surface area contributed by atoms with E-state index in [2.05, 4.69) is 46.2 Å². The van der Waals surface area contributed by atoms with Crippen molar-refractivity contribution in [2.45, 2.75) is 58.2 Å². The molecule has 1 fully saturated rings. The Hall–Kier alpha value is 0.310. The van der Waals surface area contributed by atoms with E-state index in [1.165, 1.54) is 12.8 Å². The molecule has 0 aromatic heterocycles. The molecule has 0 bridgehead atoms. The maximum Gasteiger partial charge on any atom is 0.0225 e. The van der Waals surface area contributed by atoms with Gasteiger partial charge < -0.3 is 5.32 Å². The topological polar surface area (TPSA) is 12.0 Å². The minimum atomic E-state index is 0.368. The van der Waals surface area contributed by atoms with Crippen molar-refractivity contribution in [3.8, 4) is 0 Å². The van der Waals surface area contributed by atoms with Gasteiger partial charge in [0.15, 0.2) is 0 Å². The summed E-state index contributed by atoms with van der Waals surface area (Å²) in [7, 11) is 0. The van der Waals surface area contributed by atoms with Crippen molar-refractivity contribution in [2.75, 3.05) is 12.8 Å². The van der Waals surface area contributed by atoms with Crippen LogP contribution in [0.5, 0.6) is 0 Å². The zero-order valence-corrected chi connectivity index (χ0v) is 12.0.